The zero-order valence-electron chi connectivity index (χ0n) is 17.6. The molecular formula is C25H23FN2O3S. The fourth-order valence-electron chi connectivity index (χ4n) is 3.63. The van der Waals surface area contributed by atoms with Crippen LogP contribution in [0, 0.1) is 5.82 Å². The van der Waals surface area contributed by atoms with Crippen LogP contribution in [0.25, 0.3) is 10.9 Å². The molecule has 0 aliphatic heterocycles. The maximum Gasteiger partial charge on any atom is 0.252 e. The van der Waals surface area contributed by atoms with Gasteiger partial charge in [0.2, 0.25) is 10.0 Å². The van der Waals surface area contributed by atoms with Crippen LogP contribution in [0.4, 0.5) is 4.39 Å². The van der Waals surface area contributed by atoms with E-state index in [0.717, 1.165) is 33.3 Å². The molecule has 0 aliphatic carbocycles. The van der Waals surface area contributed by atoms with Gasteiger partial charge in [-0.3, -0.25) is 4.79 Å². The number of halogens is 1. The lowest BCUT2D eigenvalue weighted by Gasteiger charge is -2.22. The molecule has 0 bridgehead atoms. The Morgan fingerprint density at radius 1 is 0.875 bits per heavy atom. The Labute approximate surface area is 186 Å². The van der Waals surface area contributed by atoms with Crippen LogP contribution in [0.2, 0.25) is 0 Å². The van der Waals surface area contributed by atoms with E-state index in [9.17, 15) is 17.6 Å². The third kappa shape index (κ3) is 4.49. The molecule has 0 saturated heterocycles. The van der Waals surface area contributed by atoms with E-state index in [1.54, 1.807) is 30.3 Å². The summed E-state index contributed by atoms with van der Waals surface area (Å²) in [5, 5.41) is 0.821. The second kappa shape index (κ2) is 9.06. The number of hydrogen-bond acceptors (Lipinski definition) is 3. The highest BCUT2D eigenvalue weighted by atomic mass is 32.2. The van der Waals surface area contributed by atoms with Crippen LogP contribution in [-0.2, 0) is 29.5 Å². The minimum Gasteiger partial charge on any atom is -0.322 e. The van der Waals surface area contributed by atoms with Gasteiger partial charge in [-0.15, -0.1) is 0 Å². The molecule has 0 aliphatic rings. The first-order valence-corrected chi connectivity index (χ1v) is 11.8. The molecule has 1 aromatic heterocycles. The van der Waals surface area contributed by atoms with Crippen LogP contribution in [-0.4, -0.2) is 17.7 Å². The van der Waals surface area contributed by atoms with E-state index in [1.165, 1.54) is 18.2 Å². The quantitative estimate of drug-likeness (QED) is 0.447. The molecule has 0 radical (unpaired) electrons. The number of aromatic nitrogens is 1. The number of hydrogen-bond donors (Lipinski definition) is 1. The van der Waals surface area contributed by atoms with E-state index < -0.39 is 20.7 Å². The van der Waals surface area contributed by atoms with Gasteiger partial charge in [0, 0.05) is 24.2 Å². The summed E-state index contributed by atoms with van der Waals surface area (Å²) >= 11 is 0. The van der Waals surface area contributed by atoms with Crippen LogP contribution in [0.5, 0.6) is 0 Å². The Morgan fingerprint density at radius 3 is 2.31 bits per heavy atom. The molecule has 0 atom stereocenters. The Morgan fingerprint density at radius 2 is 1.59 bits per heavy atom. The van der Waals surface area contributed by atoms with Crippen molar-refractivity contribution in [1.29, 1.82) is 0 Å². The number of rotatable bonds is 7. The second-order valence-corrected chi connectivity index (χ2v) is 9.49. The highest BCUT2D eigenvalue weighted by Crippen LogP contribution is 2.23. The van der Waals surface area contributed by atoms with Crippen LogP contribution >= 0.6 is 0 Å². The minimum atomic E-state index is -4.21. The van der Waals surface area contributed by atoms with Crippen molar-refractivity contribution in [3.05, 3.63) is 112 Å². The summed E-state index contributed by atoms with van der Waals surface area (Å²) in [6.07, 6.45) is 0.839. The smallest absolute Gasteiger partial charge is 0.252 e. The molecule has 1 heterocycles. The lowest BCUT2D eigenvalue weighted by Crippen LogP contribution is -2.33. The zero-order chi connectivity index (χ0) is 22.7. The maximum absolute atomic E-state index is 14.4. The van der Waals surface area contributed by atoms with Gasteiger partial charge < -0.3 is 4.98 Å². The average Bonchev–Trinajstić information content (AvgIpc) is 2.79. The van der Waals surface area contributed by atoms with Gasteiger partial charge in [-0.2, -0.15) is 4.31 Å². The molecule has 1 N–H and O–H groups in total. The van der Waals surface area contributed by atoms with Gasteiger partial charge in [0.05, 0.1) is 0 Å². The number of benzene rings is 3. The standard InChI is InChI=1S/C25H23FN2O3S/c1-2-18-12-13-23-20(14-18)15-21(25(29)27-23)17-28(16-19-8-4-3-5-9-19)32(30,31)24-11-7-6-10-22(24)26/h3-15H,2,16-17H2,1H3,(H,27,29). The summed E-state index contributed by atoms with van der Waals surface area (Å²) in [5.74, 6) is -0.828. The molecule has 0 fully saturated rings. The van der Waals surface area contributed by atoms with Crippen LogP contribution in [0.15, 0.2) is 88.6 Å². The summed E-state index contributed by atoms with van der Waals surface area (Å²) in [6, 6.07) is 21.8. The molecule has 0 unspecified atom stereocenters. The summed E-state index contributed by atoms with van der Waals surface area (Å²) in [6.45, 7) is 1.85. The van der Waals surface area contributed by atoms with Crippen molar-refractivity contribution in [2.45, 2.75) is 31.3 Å². The van der Waals surface area contributed by atoms with E-state index in [1.807, 2.05) is 31.2 Å². The number of aromatic amines is 1. The predicted molar refractivity (Wildman–Crippen MR) is 123 cm³/mol. The number of aryl methyl sites for hydroxylation is 1. The summed E-state index contributed by atoms with van der Waals surface area (Å²) in [4.78, 5) is 15.2. The van der Waals surface area contributed by atoms with Gasteiger partial charge in [-0.25, -0.2) is 12.8 Å². The third-order valence-corrected chi connectivity index (χ3v) is 7.22. The van der Waals surface area contributed by atoms with E-state index in [-0.39, 0.29) is 18.6 Å². The fraction of sp³-hybridized carbons (Fsp3) is 0.160. The lowest BCUT2D eigenvalue weighted by molar-refractivity contribution is 0.396. The number of pyridine rings is 1. The first-order chi connectivity index (χ1) is 15.4. The van der Waals surface area contributed by atoms with Crippen molar-refractivity contribution in [3.8, 4) is 0 Å². The summed E-state index contributed by atoms with van der Waals surface area (Å²) in [7, 11) is -4.21. The third-order valence-electron chi connectivity index (χ3n) is 5.40. The van der Waals surface area contributed by atoms with Crippen molar-refractivity contribution in [3.63, 3.8) is 0 Å². The predicted octanol–water partition coefficient (Wildman–Crippen LogP) is 4.62. The largest absolute Gasteiger partial charge is 0.322 e. The van der Waals surface area contributed by atoms with Crippen LogP contribution in [0.1, 0.15) is 23.6 Å². The molecular weight excluding hydrogens is 427 g/mol. The molecule has 0 spiro atoms. The lowest BCUT2D eigenvalue weighted by atomic mass is 10.1. The number of H-pyrrole nitrogens is 1. The molecule has 7 heteroatoms. The van der Waals surface area contributed by atoms with Gasteiger partial charge in [0.1, 0.15) is 10.7 Å². The Balaban J connectivity index is 1.79. The topological polar surface area (TPSA) is 70.2 Å². The van der Waals surface area contributed by atoms with Crippen LogP contribution in [0.3, 0.4) is 0 Å². The van der Waals surface area contributed by atoms with Crippen molar-refractivity contribution in [2.24, 2.45) is 0 Å². The number of fused-ring (bicyclic) bond motifs is 1. The van der Waals surface area contributed by atoms with E-state index in [0.29, 0.717) is 11.1 Å². The molecule has 32 heavy (non-hydrogen) atoms. The number of sulfonamides is 1. The SMILES string of the molecule is CCc1ccc2[nH]c(=O)c(CN(Cc3ccccc3)S(=O)(=O)c3ccccc3F)cc2c1. The minimum absolute atomic E-state index is 0.00395. The molecule has 164 valence electrons. The number of nitrogens with one attached hydrogen (secondary N) is 1. The normalized spacial score (nSPS) is 11.8. The Bertz CT molecular complexity index is 1420. The Hall–Kier alpha value is -3.29. The first kappa shape index (κ1) is 21.9. The van der Waals surface area contributed by atoms with Gasteiger partial charge >= 0.3 is 0 Å². The molecule has 0 amide bonds. The molecule has 5 nitrogen and oxygen atoms in total. The fourth-order valence-corrected chi connectivity index (χ4v) is 5.11. The molecule has 0 saturated carbocycles. The summed E-state index contributed by atoms with van der Waals surface area (Å²) in [5.41, 5.74) is 2.45. The van der Waals surface area contributed by atoms with Gasteiger partial charge in [-0.1, -0.05) is 55.5 Å². The van der Waals surface area contributed by atoms with Crippen molar-refractivity contribution >= 4 is 20.9 Å². The molecule has 4 aromatic rings. The summed E-state index contributed by atoms with van der Waals surface area (Å²) < 4.78 is 42.4. The van der Waals surface area contributed by atoms with Gasteiger partial charge in [0.15, 0.2) is 0 Å². The highest BCUT2D eigenvalue weighted by molar-refractivity contribution is 7.89. The highest BCUT2D eigenvalue weighted by Gasteiger charge is 2.28. The monoisotopic (exact) mass is 450 g/mol. The van der Waals surface area contributed by atoms with E-state index >= 15 is 0 Å². The van der Waals surface area contributed by atoms with Crippen LogP contribution < -0.4 is 5.56 Å². The zero-order valence-corrected chi connectivity index (χ0v) is 18.4. The first-order valence-electron chi connectivity index (χ1n) is 10.3. The van der Waals surface area contributed by atoms with E-state index in [2.05, 4.69) is 4.98 Å². The van der Waals surface area contributed by atoms with E-state index in [4.69, 9.17) is 0 Å². The second-order valence-electron chi connectivity index (χ2n) is 7.59. The maximum atomic E-state index is 14.4. The average molecular weight is 451 g/mol. The van der Waals surface area contributed by atoms with Crippen molar-refractivity contribution < 1.29 is 12.8 Å². The molecule has 3 aromatic carbocycles. The van der Waals surface area contributed by atoms with Gasteiger partial charge in [-0.05, 0) is 53.3 Å². The number of nitrogens with zero attached hydrogens (tertiary/aromatic N) is 1. The van der Waals surface area contributed by atoms with Crippen molar-refractivity contribution in [1.82, 2.24) is 9.29 Å². The van der Waals surface area contributed by atoms with Gasteiger partial charge in [0.25, 0.3) is 5.56 Å². The molecule has 4 rings (SSSR count). The Kier molecular flexibility index (Phi) is 6.21. The van der Waals surface area contributed by atoms with Crippen molar-refractivity contribution in [2.75, 3.05) is 0 Å².